The SMILES string of the molecule is CC1(C)C(C(Cl)c2ccc(Br)cc2)C1(C)C. The molecular formula is C14H18BrCl. The summed E-state index contributed by atoms with van der Waals surface area (Å²) < 4.78 is 1.11. The summed E-state index contributed by atoms with van der Waals surface area (Å²) >= 11 is 10.1. The van der Waals surface area contributed by atoms with Gasteiger partial charge in [0.25, 0.3) is 0 Å². The fraction of sp³-hybridized carbons (Fsp3) is 0.571. The normalized spacial score (nSPS) is 24.1. The maximum atomic E-state index is 6.61. The molecule has 0 spiro atoms. The van der Waals surface area contributed by atoms with Gasteiger partial charge in [0.1, 0.15) is 0 Å². The van der Waals surface area contributed by atoms with Crippen LogP contribution in [0.4, 0.5) is 0 Å². The van der Waals surface area contributed by atoms with E-state index in [1.807, 2.05) is 0 Å². The summed E-state index contributed by atoms with van der Waals surface area (Å²) in [4.78, 5) is 0. The smallest absolute Gasteiger partial charge is 0.0624 e. The number of hydrogen-bond donors (Lipinski definition) is 0. The van der Waals surface area contributed by atoms with Gasteiger partial charge in [-0.2, -0.15) is 0 Å². The Kier molecular flexibility index (Phi) is 2.91. The van der Waals surface area contributed by atoms with Gasteiger partial charge in [-0.1, -0.05) is 55.8 Å². The van der Waals surface area contributed by atoms with Gasteiger partial charge >= 0.3 is 0 Å². The van der Waals surface area contributed by atoms with Gasteiger partial charge in [-0.3, -0.25) is 0 Å². The molecule has 2 heteroatoms. The zero-order valence-corrected chi connectivity index (χ0v) is 12.6. The van der Waals surface area contributed by atoms with Crippen LogP contribution in [0.25, 0.3) is 0 Å². The van der Waals surface area contributed by atoms with Crippen molar-refractivity contribution >= 4 is 27.5 Å². The van der Waals surface area contributed by atoms with Crippen LogP contribution in [0.5, 0.6) is 0 Å². The zero-order chi connectivity index (χ0) is 12.1. The first-order valence-corrected chi connectivity index (χ1v) is 6.91. The molecule has 0 heterocycles. The molecule has 16 heavy (non-hydrogen) atoms. The molecule has 0 aliphatic heterocycles. The van der Waals surface area contributed by atoms with Crippen LogP contribution < -0.4 is 0 Å². The highest BCUT2D eigenvalue weighted by Crippen LogP contribution is 2.73. The second-order valence-corrected chi connectivity index (χ2v) is 7.26. The van der Waals surface area contributed by atoms with Gasteiger partial charge in [0, 0.05) is 4.47 Å². The molecule has 0 bridgehead atoms. The highest BCUT2D eigenvalue weighted by molar-refractivity contribution is 9.10. The summed E-state index contributed by atoms with van der Waals surface area (Å²) in [5, 5.41) is 0.123. The lowest BCUT2D eigenvalue weighted by Crippen LogP contribution is -1.99. The lowest BCUT2D eigenvalue weighted by molar-refractivity contribution is 0.457. The lowest BCUT2D eigenvalue weighted by Gasteiger charge is -2.12. The number of hydrogen-bond acceptors (Lipinski definition) is 0. The number of benzene rings is 1. The second kappa shape index (κ2) is 3.74. The van der Waals surface area contributed by atoms with E-state index in [2.05, 4.69) is 67.9 Å². The fourth-order valence-corrected chi connectivity index (χ4v) is 3.86. The quantitative estimate of drug-likeness (QED) is 0.641. The molecule has 1 aliphatic rings. The van der Waals surface area contributed by atoms with E-state index in [1.54, 1.807) is 0 Å². The summed E-state index contributed by atoms with van der Waals surface area (Å²) in [5.41, 5.74) is 1.91. The standard InChI is InChI=1S/C14H18BrCl/c1-13(2)12(14(13,3)4)11(16)9-5-7-10(15)8-6-9/h5-8,11-12H,1-4H3. The van der Waals surface area contributed by atoms with Gasteiger partial charge in [-0.15, -0.1) is 11.6 Å². The van der Waals surface area contributed by atoms with Gasteiger partial charge in [-0.25, -0.2) is 0 Å². The van der Waals surface area contributed by atoms with E-state index in [4.69, 9.17) is 11.6 Å². The molecule has 1 fully saturated rings. The van der Waals surface area contributed by atoms with Crippen LogP contribution in [-0.2, 0) is 0 Å². The Morgan fingerprint density at radius 3 is 1.88 bits per heavy atom. The van der Waals surface area contributed by atoms with Gasteiger partial charge in [0.05, 0.1) is 5.38 Å². The van der Waals surface area contributed by atoms with E-state index in [0.29, 0.717) is 16.7 Å². The average molecular weight is 302 g/mol. The number of alkyl halides is 1. The molecule has 0 aromatic heterocycles. The fourth-order valence-electron chi connectivity index (χ4n) is 2.82. The molecule has 0 nitrogen and oxygen atoms in total. The summed E-state index contributed by atoms with van der Waals surface area (Å²) in [6.07, 6.45) is 0. The third-order valence-electron chi connectivity index (χ3n) is 4.61. The summed E-state index contributed by atoms with van der Waals surface area (Å²) in [6, 6.07) is 8.36. The van der Waals surface area contributed by atoms with Crippen molar-refractivity contribution in [1.82, 2.24) is 0 Å². The van der Waals surface area contributed by atoms with Gasteiger partial charge in [0.15, 0.2) is 0 Å². The molecule has 0 saturated heterocycles. The van der Waals surface area contributed by atoms with Crippen LogP contribution in [0.2, 0.25) is 0 Å². The molecule has 0 amide bonds. The maximum absolute atomic E-state index is 6.61. The van der Waals surface area contributed by atoms with E-state index in [9.17, 15) is 0 Å². The van der Waals surface area contributed by atoms with Crippen LogP contribution in [0.1, 0.15) is 38.6 Å². The predicted molar refractivity (Wildman–Crippen MR) is 73.8 cm³/mol. The van der Waals surface area contributed by atoms with E-state index in [-0.39, 0.29) is 5.38 Å². The molecule has 0 radical (unpaired) electrons. The molecule has 1 aromatic carbocycles. The monoisotopic (exact) mass is 300 g/mol. The first kappa shape index (κ1) is 12.4. The number of rotatable bonds is 2. The second-order valence-electron chi connectivity index (χ2n) is 5.87. The van der Waals surface area contributed by atoms with E-state index >= 15 is 0 Å². The third kappa shape index (κ3) is 1.73. The molecule has 0 N–H and O–H groups in total. The van der Waals surface area contributed by atoms with E-state index in [1.165, 1.54) is 5.56 Å². The summed E-state index contributed by atoms with van der Waals surface area (Å²) in [6.45, 7) is 9.25. The van der Waals surface area contributed by atoms with E-state index < -0.39 is 0 Å². The molecule has 1 aliphatic carbocycles. The highest BCUT2D eigenvalue weighted by Gasteiger charge is 2.67. The minimum Gasteiger partial charge on any atom is -0.117 e. The Bertz CT molecular complexity index is 378. The van der Waals surface area contributed by atoms with Crippen LogP contribution >= 0.6 is 27.5 Å². The van der Waals surface area contributed by atoms with Crippen molar-refractivity contribution in [2.75, 3.05) is 0 Å². The molecule has 1 atom stereocenters. The van der Waals surface area contributed by atoms with Crippen LogP contribution in [-0.4, -0.2) is 0 Å². The van der Waals surface area contributed by atoms with Crippen molar-refractivity contribution in [3.63, 3.8) is 0 Å². The van der Waals surface area contributed by atoms with Crippen molar-refractivity contribution in [1.29, 1.82) is 0 Å². The van der Waals surface area contributed by atoms with Crippen molar-refractivity contribution in [3.8, 4) is 0 Å². The van der Waals surface area contributed by atoms with Gasteiger partial charge in [0.2, 0.25) is 0 Å². The van der Waals surface area contributed by atoms with Crippen LogP contribution in [0.15, 0.2) is 28.7 Å². The zero-order valence-electron chi connectivity index (χ0n) is 10.2. The Morgan fingerprint density at radius 1 is 1.06 bits per heavy atom. The van der Waals surface area contributed by atoms with Crippen molar-refractivity contribution < 1.29 is 0 Å². The summed E-state index contributed by atoms with van der Waals surface area (Å²) in [7, 11) is 0. The minimum absolute atomic E-state index is 0.123. The summed E-state index contributed by atoms with van der Waals surface area (Å²) in [5.74, 6) is 0.558. The first-order chi connectivity index (χ1) is 7.28. The average Bonchev–Trinajstić information content (AvgIpc) is 2.57. The highest BCUT2D eigenvalue weighted by atomic mass is 79.9. The third-order valence-corrected chi connectivity index (χ3v) is 5.65. The van der Waals surface area contributed by atoms with Gasteiger partial charge in [-0.05, 0) is 34.4 Å². The van der Waals surface area contributed by atoms with Crippen LogP contribution in [0.3, 0.4) is 0 Å². The minimum atomic E-state index is 0.123. The van der Waals surface area contributed by atoms with Crippen LogP contribution in [0, 0.1) is 16.7 Å². The molecular weight excluding hydrogens is 284 g/mol. The van der Waals surface area contributed by atoms with Crippen molar-refractivity contribution in [2.24, 2.45) is 16.7 Å². The Labute approximate surface area is 112 Å². The van der Waals surface area contributed by atoms with Crippen molar-refractivity contribution in [3.05, 3.63) is 34.3 Å². The van der Waals surface area contributed by atoms with E-state index in [0.717, 1.165) is 4.47 Å². The molecule has 1 aromatic rings. The largest absolute Gasteiger partial charge is 0.117 e. The van der Waals surface area contributed by atoms with Crippen molar-refractivity contribution in [2.45, 2.75) is 33.1 Å². The topological polar surface area (TPSA) is 0 Å². The first-order valence-electron chi connectivity index (χ1n) is 5.68. The lowest BCUT2D eigenvalue weighted by atomic mass is 10.0. The maximum Gasteiger partial charge on any atom is 0.0624 e. The molecule has 88 valence electrons. The Morgan fingerprint density at radius 2 is 1.50 bits per heavy atom. The predicted octanol–water partition coefficient (Wildman–Crippen LogP) is 5.41. The molecule has 1 unspecified atom stereocenters. The molecule has 2 rings (SSSR count). The molecule has 1 saturated carbocycles. The Balaban J connectivity index is 2.22. The van der Waals surface area contributed by atoms with Gasteiger partial charge < -0.3 is 0 Å². The number of halogens is 2. The Hall–Kier alpha value is -0.0100.